The molecule has 0 saturated heterocycles. The molecule has 1 aliphatic heterocycles. The van der Waals surface area contributed by atoms with Crippen LogP contribution in [0.15, 0.2) is 24.3 Å². The first kappa shape index (κ1) is 12.9. The van der Waals surface area contributed by atoms with E-state index in [1.807, 2.05) is 0 Å². The number of hydrogen-bond donors (Lipinski definition) is 0. The van der Waals surface area contributed by atoms with E-state index in [9.17, 15) is 0 Å². The predicted octanol–water partition coefficient (Wildman–Crippen LogP) is 2.98. The fourth-order valence-corrected chi connectivity index (χ4v) is 2.42. The van der Waals surface area contributed by atoms with E-state index in [1.165, 1.54) is 22.4 Å². The zero-order chi connectivity index (χ0) is 11.1. The normalized spacial score (nSPS) is 13.2. The molecule has 0 aliphatic carbocycles. The van der Waals surface area contributed by atoms with E-state index < -0.39 is 0 Å². The summed E-state index contributed by atoms with van der Waals surface area (Å²) >= 11 is 0. The van der Waals surface area contributed by atoms with Crippen LogP contribution in [0, 0.1) is 13.8 Å². The molecule has 1 aromatic heterocycles. The molecule has 0 atom stereocenters. The second-order valence-corrected chi connectivity index (χ2v) is 4.51. The molecule has 17 heavy (non-hydrogen) atoms. The molecule has 2 nitrogen and oxygen atoms in total. The molecule has 0 bridgehead atoms. The van der Waals surface area contributed by atoms with Crippen molar-refractivity contribution in [2.24, 2.45) is 0 Å². The van der Waals surface area contributed by atoms with Crippen molar-refractivity contribution in [3.63, 3.8) is 0 Å². The smallest absolute Gasteiger partial charge is 0.0400 e. The summed E-state index contributed by atoms with van der Waals surface area (Å²) in [4.78, 5) is 0. The molecule has 3 heteroatoms. The molecule has 0 spiro atoms. The molecule has 1 aromatic carbocycles. The molecule has 85 valence electrons. The molecule has 1 radical (unpaired) electrons. The van der Waals surface area contributed by atoms with E-state index in [0.29, 0.717) is 0 Å². The van der Waals surface area contributed by atoms with Gasteiger partial charge in [-0.3, -0.25) is 4.68 Å². The molecule has 0 saturated carbocycles. The Morgan fingerprint density at radius 1 is 1.29 bits per heavy atom. The predicted molar refractivity (Wildman–Crippen MR) is 65.2 cm³/mol. The maximum Gasteiger partial charge on any atom is 0.0400 e. The van der Waals surface area contributed by atoms with E-state index in [0.717, 1.165) is 25.1 Å². The van der Waals surface area contributed by atoms with Gasteiger partial charge in [-0.1, -0.05) is 29.5 Å². The molecule has 0 N–H and O–H groups in total. The van der Waals surface area contributed by atoms with E-state index in [2.05, 4.69) is 47.9 Å². The molecule has 3 rings (SSSR count). The molecule has 0 fully saturated rings. The summed E-state index contributed by atoms with van der Waals surface area (Å²) in [6.45, 7) is 7.05. The molecule has 2 aromatic rings. The standard InChI is InChI=1S/C14H15N2.Y/c1-10-5-6-12-4-3-7-16-14(13(12)8-10)9-11(2)15-16;/h5-6,8-9H,2-4,7H2,1H3;/q-1;. The Labute approximate surface area is 127 Å². The fraction of sp³-hybridized carbons (Fsp3) is 0.286. The summed E-state index contributed by atoms with van der Waals surface area (Å²) in [5.74, 6) is 0. The van der Waals surface area contributed by atoms with Gasteiger partial charge in [-0.2, -0.15) is 6.07 Å². The van der Waals surface area contributed by atoms with Gasteiger partial charge in [-0.25, -0.2) is 12.0 Å². The van der Waals surface area contributed by atoms with Crippen LogP contribution >= 0.6 is 0 Å². The van der Waals surface area contributed by atoms with E-state index >= 15 is 0 Å². The summed E-state index contributed by atoms with van der Waals surface area (Å²) in [7, 11) is 0. The van der Waals surface area contributed by atoms with Crippen molar-refractivity contribution in [1.29, 1.82) is 0 Å². The third kappa shape index (κ3) is 2.34. The van der Waals surface area contributed by atoms with Gasteiger partial charge in [0.1, 0.15) is 0 Å². The van der Waals surface area contributed by atoms with Crippen LogP contribution in [0.25, 0.3) is 11.3 Å². The van der Waals surface area contributed by atoms with Crippen molar-refractivity contribution in [1.82, 2.24) is 9.78 Å². The second kappa shape index (κ2) is 4.95. The summed E-state index contributed by atoms with van der Waals surface area (Å²) in [6.07, 6.45) is 2.30. The Morgan fingerprint density at radius 3 is 2.94 bits per heavy atom. The zero-order valence-electron chi connectivity index (χ0n) is 10.1. The minimum atomic E-state index is 0. The summed E-state index contributed by atoms with van der Waals surface area (Å²) in [6, 6.07) is 8.78. The Kier molecular flexibility index (Phi) is 3.74. The second-order valence-electron chi connectivity index (χ2n) is 4.51. The number of aryl methyl sites for hydroxylation is 3. The minimum Gasteiger partial charge on any atom is -0.285 e. The van der Waals surface area contributed by atoms with Crippen LogP contribution in [0.1, 0.15) is 23.2 Å². The SMILES string of the molecule is [CH2-]c1cc2n(n1)CCCc1ccc(C)cc1-2.[Y]. The number of fused-ring (bicyclic) bond motifs is 3. The van der Waals surface area contributed by atoms with Gasteiger partial charge >= 0.3 is 0 Å². The van der Waals surface area contributed by atoms with Crippen molar-refractivity contribution in [3.05, 3.63) is 48.0 Å². The molecule has 2 heterocycles. The first-order chi connectivity index (χ1) is 7.74. The van der Waals surface area contributed by atoms with Crippen LogP contribution in [-0.4, -0.2) is 9.78 Å². The largest absolute Gasteiger partial charge is 0.285 e. The number of hydrogen-bond acceptors (Lipinski definition) is 1. The van der Waals surface area contributed by atoms with Gasteiger partial charge in [0.05, 0.1) is 0 Å². The number of benzene rings is 1. The molecule has 0 unspecified atom stereocenters. The van der Waals surface area contributed by atoms with E-state index in [1.54, 1.807) is 0 Å². The zero-order valence-corrected chi connectivity index (χ0v) is 12.9. The number of rotatable bonds is 0. The first-order valence-electron chi connectivity index (χ1n) is 5.74. The van der Waals surface area contributed by atoms with Gasteiger partial charge in [0.2, 0.25) is 0 Å². The average Bonchev–Trinajstić information content (AvgIpc) is 2.54. The van der Waals surface area contributed by atoms with Crippen LogP contribution in [0.4, 0.5) is 0 Å². The number of nitrogens with zero attached hydrogens (tertiary/aromatic N) is 2. The van der Waals surface area contributed by atoms with Crippen LogP contribution in [0.3, 0.4) is 0 Å². The summed E-state index contributed by atoms with van der Waals surface area (Å²) < 4.78 is 2.09. The maximum atomic E-state index is 4.45. The molecular formula is C14H15N2Y-. The van der Waals surface area contributed by atoms with Gasteiger partial charge in [0, 0.05) is 39.3 Å². The van der Waals surface area contributed by atoms with Crippen molar-refractivity contribution in [2.45, 2.75) is 26.3 Å². The Morgan fingerprint density at radius 2 is 2.12 bits per heavy atom. The Balaban J connectivity index is 0.00000108. The van der Waals surface area contributed by atoms with Gasteiger partial charge in [-0.05, 0) is 36.6 Å². The van der Waals surface area contributed by atoms with Crippen molar-refractivity contribution < 1.29 is 32.7 Å². The van der Waals surface area contributed by atoms with Crippen LogP contribution in [0.2, 0.25) is 0 Å². The maximum absolute atomic E-state index is 4.45. The van der Waals surface area contributed by atoms with Gasteiger partial charge in [0.25, 0.3) is 0 Å². The van der Waals surface area contributed by atoms with Crippen molar-refractivity contribution in [3.8, 4) is 11.3 Å². The van der Waals surface area contributed by atoms with Gasteiger partial charge in [-0.15, -0.1) is 0 Å². The fourth-order valence-electron chi connectivity index (χ4n) is 2.42. The van der Waals surface area contributed by atoms with Crippen LogP contribution in [-0.2, 0) is 45.7 Å². The monoisotopic (exact) mass is 300 g/mol. The molecular weight excluding hydrogens is 285 g/mol. The molecule has 1 aliphatic rings. The summed E-state index contributed by atoms with van der Waals surface area (Å²) in [5, 5.41) is 4.45. The third-order valence-electron chi connectivity index (χ3n) is 3.19. The molecule has 0 amide bonds. The minimum absolute atomic E-state index is 0. The van der Waals surface area contributed by atoms with Crippen LogP contribution in [0.5, 0.6) is 0 Å². The van der Waals surface area contributed by atoms with Gasteiger partial charge < -0.3 is 0 Å². The Hall–Kier alpha value is -0.596. The third-order valence-corrected chi connectivity index (χ3v) is 3.19. The van der Waals surface area contributed by atoms with Gasteiger partial charge in [0.15, 0.2) is 0 Å². The first-order valence-corrected chi connectivity index (χ1v) is 5.74. The average molecular weight is 300 g/mol. The quantitative estimate of drug-likeness (QED) is 0.684. The van der Waals surface area contributed by atoms with Crippen molar-refractivity contribution >= 4 is 0 Å². The topological polar surface area (TPSA) is 17.8 Å². The van der Waals surface area contributed by atoms with Crippen molar-refractivity contribution in [2.75, 3.05) is 0 Å². The summed E-state index contributed by atoms with van der Waals surface area (Å²) in [5.41, 5.74) is 6.16. The number of aromatic nitrogens is 2. The van der Waals surface area contributed by atoms with E-state index in [4.69, 9.17) is 0 Å². The van der Waals surface area contributed by atoms with Crippen LogP contribution < -0.4 is 0 Å². The Bertz CT molecular complexity index is 543. The van der Waals surface area contributed by atoms with E-state index in [-0.39, 0.29) is 32.7 Å².